The number of alkyl halides is 3. The van der Waals surface area contributed by atoms with E-state index in [-0.39, 0.29) is 22.7 Å². The average Bonchev–Trinajstić information content (AvgIpc) is 3.16. The second kappa shape index (κ2) is 5.18. The number of rotatable bonds is 3. The van der Waals surface area contributed by atoms with Crippen LogP contribution in [0.25, 0.3) is 11.6 Å². The molecule has 6 rings (SSSR count). The number of halogens is 3. The number of ether oxygens (including phenoxy) is 1. The van der Waals surface area contributed by atoms with Gasteiger partial charge in [0, 0.05) is 23.4 Å². The Kier molecular flexibility index (Phi) is 3.32. The maximum atomic E-state index is 13.3. The molecule has 1 aliphatic heterocycles. The fourth-order valence-corrected chi connectivity index (χ4v) is 5.26. The predicted octanol–water partition coefficient (Wildman–Crippen LogP) is 2.41. The maximum Gasteiger partial charge on any atom is 0.422 e. The molecule has 8 nitrogen and oxygen atoms in total. The zero-order chi connectivity index (χ0) is 21.0. The molecule has 3 saturated carbocycles. The van der Waals surface area contributed by atoms with Gasteiger partial charge in [-0.1, -0.05) is 12.1 Å². The van der Waals surface area contributed by atoms with Crippen molar-refractivity contribution < 1.29 is 32.3 Å². The number of hydrogen-bond donors (Lipinski definition) is 1. The van der Waals surface area contributed by atoms with Gasteiger partial charge in [-0.15, -0.1) is 10.2 Å². The number of hydrogen-bond acceptors (Lipinski definition) is 7. The van der Waals surface area contributed by atoms with E-state index < -0.39 is 28.8 Å². The summed E-state index contributed by atoms with van der Waals surface area (Å²) in [6.45, 7) is 2.74. The van der Waals surface area contributed by atoms with Crippen LogP contribution in [0, 0.1) is 5.41 Å². The molecule has 3 heterocycles. The lowest BCUT2D eigenvalue weighted by Crippen LogP contribution is -2.69. The molecule has 4 aliphatic rings. The van der Waals surface area contributed by atoms with Crippen molar-refractivity contribution in [1.82, 2.24) is 19.9 Å². The summed E-state index contributed by atoms with van der Waals surface area (Å²) in [4.78, 5) is 11.9. The molecule has 1 N–H and O–H groups in total. The molecule has 0 unspecified atom stereocenters. The lowest BCUT2D eigenvalue weighted by atomic mass is 9.35. The van der Waals surface area contributed by atoms with Gasteiger partial charge in [0.05, 0.1) is 12.5 Å². The van der Waals surface area contributed by atoms with Crippen LogP contribution in [-0.2, 0) is 27.1 Å². The van der Waals surface area contributed by atoms with Crippen LogP contribution in [-0.4, -0.2) is 44.3 Å². The van der Waals surface area contributed by atoms with E-state index in [2.05, 4.69) is 15.4 Å². The molecule has 0 spiro atoms. The van der Waals surface area contributed by atoms with Gasteiger partial charge in [-0.25, -0.2) is 0 Å². The van der Waals surface area contributed by atoms with E-state index in [0.29, 0.717) is 44.4 Å². The molecule has 29 heavy (non-hydrogen) atoms. The molecule has 0 radical (unpaired) electrons. The number of aromatic nitrogens is 4. The van der Waals surface area contributed by atoms with Crippen LogP contribution in [0.15, 0.2) is 4.52 Å². The van der Waals surface area contributed by atoms with Crippen molar-refractivity contribution in [3.8, 4) is 11.6 Å². The molecular formula is C18H19F3N4O4. The smallest absolute Gasteiger partial charge is 0.422 e. The first-order valence-corrected chi connectivity index (χ1v) is 9.27. The highest BCUT2D eigenvalue weighted by molar-refractivity contribution is 5.82. The van der Waals surface area contributed by atoms with Crippen LogP contribution < -0.4 is 0 Å². The lowest BCUT2D eigenvalue weighted by Gasteiger charge is -2.67. The molecule has 2 aromatic heterocycles. The Labute approximate surface area is 163 Å². The van der Waals surface area contributed by atoms with Crippen LogP contribution in [0.1, 0.15) is 56.1 Å². The third kappa shape index (κ3) is 2.08. The van der Waals surface area contributed by atoms with Crippen LogP contribution in [0.4, 0.5) is 13.2 Å². The molecule has 11 heteroatoms. The Balaban J connectivity index is 1.53. The number of fused-ring (bicyclic) bond motifs is 3. The topological polar surface area (TPSA) is 103 Å². The van der Waals surface area contributed by atoms with Crippen molar-refractivity contribution in [3.05, 3.63) is 17.1 Å². The summed E-state index contributed by atoms with van der Waals surface area (Å²) in [5.41, 5.74) is -4.20. The number of methoxy groups -OCH3 is 1. The van der Waals surface area contributed by atoms with Gasteiger partial charge >= 0.3 is 12.1 Å². The van der Waals surface area contributed by atoms with Gasteiger partial charge in [-0.05, 0) is 26.2 Å². The standard InChI is InChI=1S/C18H19F3N4O4/c1-8-4-25-12(10-9(8)11(24-29-10)15(2,27)18(19,20)21)22-23-13(25)16-5-17(6-16,7-16)14(26)28-3/h8,27H,4-7H2,1-3H3/t8-,15+,16?,17?/m0/s1. The highest BCUT2D eigenvalue weighted by atomic mass is 19.4. The first-order chi connectivity index (χ1) is 13.5. The second-order valence-corrected chi connectivity index (χ2v) is 8.79. The quantitative estimate of drug-likeness (QED) is 0.772. The fraction of sp³-hybridized carbons (Fsp3) is 0.667. The van der Waals surface area contributed by atoms with Crippen LogP contribution in [0.3, 0.4) is 0 Å². The monoisotopic (exact) mass is 412 g/mol. The van der Waals surface area contributed by atoms with E-state index >= 15 is 0 Å². The van der Waals surface area contributed by atoms with E-state index in [9.17, 15) is 23.1 Å². The zero-order valence-corrected chi connectivity index (χ0v) is 16.0. The van der Waals surface area contributed by atoms with Crippen LogP contribution in [0.2, 0.25) is 0 Å². The van der Waals surface area contributed by atoms with Gasteiger partial charge in [0.15, 0.2) is 0 Å². The molecule has 3 fully saturated rings. The van der Waals surface area contributed by atoms with Gasteiger partial charge in [0.2, 0.25) is 17.2 Å². The Hall–Kier alpha value is -2.43. The molecule has 2 atom stereocenters. The molecule has 0 saturated heterocycles. The fourth-order valence-electron chi connectivity index (χ4n) is 5.26. The number of carbonyl (C=O) groups is 1. The van der Waals surface area contributed by atoms with Crippen molar-refractivity contribution in [2.45, 2.75) is 62.8 Å². The predicted molar refractivity (Wildman–Crippen MR) is 89.5 cm³/mol. The minimum Gasteiger partial charge on any atom is -0.469 e. The average molecular weight is 412 g/mol. The van der Waals surface area contributed by atoms with Crippen molar-refractivity contribution >= 4 is 5.97 Å². The molecule has 2 bridgehead atoms. The normalized spacial score (nSPS) is 31.8. The maximum absolute atomic E-state index is 13.3. The van der Waals surface area contributed by atoms with Gasteiger partial charge in [0.1, 0.15) is 11.5 Å². The van der Waals surface area contributed by atoms with Gasteiger partial charge in [-0.3, -0.25) is 4.79 Å². The second-order valence-electron chi connectivity index (χ2n) is 8.79. The van der Waals surface area contributed by atoms with E-state index in [1.165, 1.54) is 7.11 Å². The summed E-state index contributed by atoms with van der Waals surface area (Å²) in [5.74, 6) is 0.473. The summed E-state index contributed by atoms with van der Waals surface area (Å²) < 4.78 is 51.9. The number of carbonyl (C=O) groups excluding carboxylic acids is 1. The van der Waals surface area contributed by atoms with E-state index in [1.807, 2.05) is 4.57 Å². The molecule has 3 aliphatic carbocycles. The number of esters is 1. The summed E-state index contributed by atoms with van der Waals surface area (Å²) >= 11 is 0. The summed E-state index contributed by atoms with van der Waals surface area (Å²) in [6.07, 6.45) is -3.04. The lowest BCUT2D eigenvalue weighted by molar-refractivity contribution is -0.261. The minimum absolute atomic E-state index is 0.0938. The molecule has 156 valence electrons. The Morgan fingerprint density at radius 3 is 2.55 bits per heavy atom. The summed E-state index contributed by atoms with van der Waals surface area (Å²) in [6, 6.07) is 0. The minimum atomic E-state index is -4.90. The van der Waals surface area contributed by atoms with Crippen molar-refractivity contribution in [2.24, 2.45) is 5.41 Å². The van der Waals surface area contributed by atoms with E-state index in [1.54, 1.807) is 6.92 Å². The third-order valence-electron chi connectivity index (χ3n) is 6.77. The van der Waals surface area contributed by atoms with Gasteiger partial charge in [0.25, 0.3) is 0 Å². The third-order valence-corrected chi connectivity index (χ3v) is 6.77. The Bertz CT molecular complexity index is 1020. The Morgan fingerprint density at radius 2 is 1.97 bits per heavy atom. The SMILES string of the molecule is COC(=O)C12CC(c3nnc4n3C[C@H](C)c3c([C@@](C)(O)C(F)(F)F)noc3-4)(C1)C2. The first-order valence-electron chi connectivity index (χ1n) is 9.27. The largest absolute Gasteiger partial charge is 0.469 e. The van der Waals surface area contributed by atoms with Gasteiger partial charge in [-0.2, -0.15) is 13.2 Å². The van der Waals surface area contributed by atoms with Gasteiger partial charge < -0.3 is 18.9 Å². The number of nitrogens with zero attached hydrogens (tertiary/aromatic N) is 4. The van der Waals surface area contributed by atoms with Crippen LogP contribution in [0.5, 0.6) is 0 Å². The van der Waals surface area contributed by atoms with E-state index in [4.69, 9.17) is 9.26 Å². The summed E-state index contributed by atoms with van der Waals surface area (Å²) in [5, 5.41) is 22.1. The number of aliphatic hydroxyl groups is 1. The molecule has 0 amide bonds. The molecule has 0 aromatic carbocycles. The molecule has 2 aromatic rings. The molecular weight excluding hydrogens is 393 g/mol. The zero-order valence-electron chi connectivity index (χ0n) is 16.0. The van der Waals surface area contributed by atoms with Crippen LogP contribution >= 0.6 is 0 Å². The van der Waals surface area contributed by atoms with Crippen molar-refractivity contribution in [3.63, 3.8) is 0 Å². The van der Waals surface area contributed by atoms with Crippen molar-refractivity contribution in [2.75, 3.05) is 7.11 Å². The highest BCUT2D eigenvalue weighted by Gasteiger charge is 2.74. The first kappa shape index (κ1) is 18.6. The van der Waals surface area contributed by atoms with Crippen molar-refractivity contribution in [1.29, 1.82) is 0 Å². The Morgan fingerprint density at radius 1 is 1.31 bits per heavy atom. The highest BCUT2D eigenvalue weighted by Crippen LogP contribution is 2.73. The summed E-state index contributed by atoms with van der Waals surface area (Å²) in [7, 11) is 1.37. The van der Waals surface area contributed by atoms with E-state index in [0.717, 1.165) is 0 Å².